The fraction of sp³-hybridized carbons (Fsp3) is 0.500. The van der Waals surface area contributed by atoms with Gasteiger partial charge in [0, 0.05) is 13.1 Å². The van der Waals surface area contributed by atoms with E-state index >= 15 is 0 Å². The summed E-state index contributed by atoms with van der Waals surface area (Å²) in [5.74, 6) is 0.163. The van der Waals surface area contributed by atoms with Crippen LogP contribution in [0.4, 0.5) is 0 Å². The number of ether oxygens (including phenoxy) is 1. The van der Waals surface area contributed by atoms with Crippen LogP contribution in [0.25, 0.3) is 0 Å². The number of carbonyl (C=O) groups is 1. The second-order valence-corrected chi connectivity index (χ2v) is 4.89. The summed E-state index contributed by atoms with van der Waals surface area (Å²) in [5, 5.41) is 12.4. The Morgan fingerprint density at radius 3 is 2.50 bits per heavy atom. The van der Waals surface area contributed by atoms with Gasteiger partial charge in [0.25, 0.3) is 0 Å². The zero-order valence-electron chi connectivity index (χ0n) is 10.6. The van der Waals surface area contributed by atoms with Crippen LogP contribution in [0.15, 0.2) is 24.3 Å². The number of carboxylic acids is 1. The molecular formula is C14H19NO3. The maximum absolute atomic E-state index is 11.2. The molecule has 0 heterocycles. The molecule has 2 rings (SSSR count). The molecule has 4 nitrogen and oxygen atoms in total. The van der Waals surface area contributed by atoms with Gasteiger partial charge in [-0.1, -0.05) is 18.6 Å². The fourth-order valence-electron chi connectivity index (χ4n) is 2.26. The molecule has 0 spiro atoms. The number of methoxy groups -OCH3 is 1. The molecule has 0 unspecified atom stereocenters. The summed E-state index contributed by atoms with van der Waals surface area (Å²) in [6.45, 7) is 1.24. The zero-order chi connectivity index (χ0) is 13.0. The predicted octanol–water partition coefficient (Wildman–Crippen LogP) is 2.04. The van der Waals surface area contributed by atoms with Crippen LogP contribution in [0.2, 0.25) is 0 Å². The molecule has 0 aromatic heterocycles. The minimum absolute atomic E-state index is 0.521. The van der Waals surface area contributed by atoms with Crippen molar-refractivity contribution in [3.05, 3.63) is 29.8 Å². The number of nitrogens with one attached hydrogen (secondary N) is 1. The number of hydrogen-bond acceptors (Lipinski definition) is 3. The molecule has 18 heavy (non-hydrogen) atoms. The van der Waals surface area contributed by atoms with Crippen molar-refractivity contribution in [2.24, 2.45) is 5.41 Å². The Morgan fingerprint density at radius 2 is 2.06 bits per heavy atom. The molecule has 0 radical (unpaired) electrons. The lowest BCUT2D eigenvalue weighted by atomic mass is 9.69. The van der Waals surface area contributed by atoms with E-state index in [0.717, 1.165) is 30.6 Å². The Bertz CT molecular complexity index is 410. The van der Waals surface area contributed by atoms with Crippen molar-refractivity contribution in [3.63, 3.8) is 0 Å². The monoisotopic (exact) mass is 249 g/mol. The van der Waals surface area contributed by atoms with Gasteiger partial charge in [0.1, 0.15) is 5.75 Å². The molecule has 1 aliphatic carbocycles. The molecule has 98 valence electrons. The highest BCUT2D eigenvalue weighted by atomic mass is 16.5. The van der Waals surface area contributed by atoms with Gasteiger partial charge >= 0.3 is 5.97 Å². The maximum Gasteiger partial charge on any atom is 0.310 e. The lowest BCUT2D eigenvalue weighted by Gasteiger charge is -2.37. The van der Waals surface area contributed by atoms with Crippen LogP contribution in [-0.2, 0) is 11.3 Å². The Kier molecular flexibility index (Phi) is 3.87. The number of carboxylic acid groups (broad SMARTS) is 1. The summed E-state index contributed by atoms with van der Waals surface area (Å²) < 4.78 is 5.09. The molecule has 1 aromatic carbocycles. The third-order valence-corrected chi connectivity index (χ3v) is 3.72. The average molecular weight is 249 g/mol. The first-order chi connectivity index (χ1) is 8.66. The molecule has 0 bridgehead atoms. The lowest BCUT2D eigenvalue weighted by Crippen LogP contribution is -2.45. The van der Waals surface area contributed by atoms with Gasteiger partial charge < -0.3 is 15.2 Å². The summed E-state index contributed by atoms with van der Waals surface area (Å²) in [7, 11) is 1.64. The van der Waals surface area contributed by atoms with Gasteiger partial charge in [0.2, 0.25) is 0 Å². The van der Waals surface area contributed by atoms with Crippen molar-refractivity contribution in [1.29, 1.82) is 0 Å². The fourth-order valence-corrected chi connectivity index (χ4v) is 2.26. The van der Waals surface area contributed by atoms with Gasteiger partial charge in [0.15, 0.2) is 0 Å². The third kappa shape index (κ3) is 2.64. The molecule has 0 amide bonds. The largest absolute Gasteiger partial charge is 0.497 e. The topological polar surface area (TPSA) is 58.6 Å². The summed E-state index contributed by atoms with van der Waals surface area (Å²) in [6, 6.07) is 7.79. The van der Waals surface area contributed by atoms with Gasteiger partial charge in [-0.2, -0.15) is 0 Å². The molecule has 0 saturated heterocycles. The number of aliphatic carboxylic acids is 1. The van der Waals surface area contributed by atoms with Crippen LogP contribution in [0, 0.1) is 5.41 Å². The van der Waals surface area contributed by atoms with Crippen molar-refractivity contribution in [1.82, 2.24) is 5.32 Å². The van der Waals surface area contributed by atoms with Gasteiger partial charge in [0.05, 0.1) is 12.5 Å². The normalized spacial score (nSPS) is 16.9. The summed E-state index contributed by atoms with van der Waals surface area (Å²) in [6.07, 6.45) is 2.60. The Labute approximate surface area is 107 Å². The van der Waals surface area contributed by atoms with E-state index in [0.29, 0.717) is 13.1 Å². The van der Waals surface area contributed by atoms with E-state index < -0.39 is 11.4 Å². The number of hydrogen-bond donors (Lipinski definition) is 2. The summed E-state index contributed by atoms with van der Waals surface area (Å²) in [5.41, 5.74) is 0.614. The maximum atomic E-state index is 11.2. The molecule has 1 fully saturated rings. The molecule has 1 aromatic rings. The van der Waals surface area contributed by atoms with E-state index in [-0.39, 0.29) is 0 Å². The van der Waals surface area contributed by atoms with Crippen LogP contribution in [0.5, 0.6) is 5.75 Å². The molecule has 2 N–H and O–H groups in total. The van der Waals surface area contributed by atoms with Gasteiger partial charge in [-0.3, -0.25) is 4.79 Å². The first-order valence-corrected chi connectivity index (χ1v) is 6.23. The molecular weight excluding hydrogens is 230 g/mol. The van der Waals surface area contributed by atoms with Crippen molar-refractivity contribution in [3.8, 4) is 5.75 Å². The van der Waals surface area contributed by atoms with E-state index in [1.807, 2.05) is 24.3 Å². The van der Waals surface area contributed by atoms with Crippen molar-refractivity contribution in [2.75, 3.05) is 13.7 Å². The van der Waals surface area contributed by atoms with Gasteiger partial charge in [-0.15, -0.1) is 0 Å². The number of rotatable bonds is 6. The van der Waals surface area contributed by atoms with Crippen LogP contribution in [0.3, 0.4) is 0 Å². The quantitative estimate of drug-likeness (QED) is 0.810. The molecule has 1 saturated carbocycles. The Balaban J connectivity index is 1.82. The highest BCUT2D eigenvalue weighted by molar-refractivity contribution is 5.76. The highest BCUT2D eigenvalue weighted by Gasteiger charge is 2.43. The van der Waals surface area contributed by atoms with Crippen molar-refractivity contribution in [2.45, 2.75) is 25.8 Å². The van der Waals surface area contributed by atoms with E-state index in [2.05, 4.69) is 5.32 Å². The number of benzene rings is 1. The summed E-state index contributed by atoms with van der Waals surface area (Å²) in [4.78, 5) is 11.2. The smallest absolute Gasteiger partial charge is 0.310 e. The Hall–Kier alpha value is -1.55. The van der Waals surface area contributed by atoms with Crippen LogP contribution in [-0.4, -0.2) is 24.7 Å². The van der Waals surface area contributed by atoms with Crippen molar-refractivity contribution < 1.29 is 14.6 Å². The lowest BCUT2D eigenvalue weighted by molar-refractivity contribution is -0.154. The Morgan fingerprint density at radius 1 is 1.39 bits per heavy atom. The van der Waals surface area contributed by atoms with Gasteiger partial charge in [-0.25, -0.2) is 0 Å². The first-order valence-electron chi connectivity index (χ1n) is 6.23. The summed E-state index contributed by atoms with van der Waals surface area (Å²) >= 11 is 0. The molecule has 1 aliphatic rings. The standard InChI is InChI=1S/C14H19NO3/c1-18-12-5-3-11(4-6-12)9-15-10-14(13(16)17)7-2-8-14/h3-6,15H,2,7-10H2,1H3,(H,16,17). The van der Waals surface area contributed by atoms with E-state index in [1.165, 1.54) is 0 Å². The minimum Gasteiger partial charge on any atom is -0.497 e. The van der Waals surface area contributed by atoms with E-state index in [1.54, 1.807) is 7.11 Å². The zero-order valence-corrected chi connectivity index (χ0v) is 10.6. The molecule has 0 aliphatic heterocycles. The average Bonchev–Trinajstić information content (AvgIpc) is 2.33. The highest BCUT2D eigenvalue weighted by Crippen LogP contribution is 2.40. The van der Waals surface area contributed by atoms with E-state index in [9.17, 15) is 9.90 Å². The van der Waals surface area contributed by atoms with Crippen LogP contribution >= 0.6 is 0 Å². The minimum atomic E-state index is -0.670. The molecule has 4 heteroatoms. The van der Waals surface area contributed by atoms with Crippen molar-refractivity contribution >= 4 is 5.97 Å². The predicted molar refractivity (Wildman–Crippen MR) is 68.6 cm³/mol. The second kappa shape index (κ2) is 5.40. The first kappa shape index (κ1) is 12.9. The van der Waals surface area contributed by atoms with Crippen LogP contribution < -0.4 is 10.1 Å². The third-order valence-electron chi connectivity index (χ3n) is 3.72. The van der Waals surface area contributed by atoms with Crippen LogP contribution in [0.1, 0.15) is 24.8 Å². The SMILES string of the molecule is COc1ccc(CNCC2(C(=O)O)CCC2)cc1. The molecule has 0 atom stereocenters. The van der Waals surface area contributed by atoms with E-state index in [4.69, 9.17) is 4.74 Å². The second-order valence-electron chi connectivity index (χ2n) is 4.89. The van der Waals surface area contributed by atoms with Gasteiger partial charge in [-0.05, 0) is 30.5 Å².